The summed E-state index contributed by atoms with van der Waals surface area (Å²) >= 11 is 3.33. The number of carbonyl (C=O) groups is 3. The highest BCUT2D eigenvalue weighted by atomic mass is 79.9. The number of aromatic nitrogens is 2. The topological polar surface area (TPSA) is 120 Å². The summed E-state index contributed by atoms with van der Waals surface area (Å²) in [5.41, 5.74) is -0.876. The number of hydrogen-bond donors (Lipinski definition) is 0. The first-order chi connectivity index (χ1) is 16.1. The van der Waals surface area contributed by atoms with Gasteiger partial charge in [0.25, 0.3) is 5.56 Å². The van der Waals surface area contributed by atoms with Crippen LogP contribution in [-0.2, 0) is 33.2 Å². The van der Waals surface area contributed by atoms with E-state index < -0.39 is 53.0 Å². The summed E-state index contributed by atoms with van der Waals surface area (Å²) in [6, 6.07) is 5.27. The maximum absolute atomic E-state index is 13.8. The molecule has 2 aliphatic heterocycles. The van der Waals surface area contributed by atoms with Gasteiger partial charge in [0, 0.05) is 31.2 Å². The molecule has 0 radical (unpaired) electrons. The second-order valence-corrected chi connectivity index (χ2v) is 9.14. The summed E-state index contributed by atoms with van der Waals surface area (Å²) < 4.78 is 12.9. The van der Waals surface area contributed by atoms with Crippen LogP contribution in [0.25, 0.3) is 0 Å². The summed E-state index contributed by atoms with van der Waals surface area (Å²) in [5.74, 6) is -4.18. The standard InChI is InChI=1S/C22H23BrN4O7/c1-24-17-13(21(31)34-5)12(20(30)33-4)14(16(28)10-6-8-11(23)9-7-10)27(17)15-18(24)25(2)22(32)26(3)19(15)29/h6-9,12-14,17H,1-5H3/t12-,13+,14-,17+/m1/s1. The first kappa shape index (κ1) is 23.7. The molecular weight excluding hydrogens is 512 g/mol. The first-order valence-corrected chi connectivity index (χ1v) is 11.1. The van der Waals surface area contributed by atoms with Crippen molar-refractivity contribution in [2.75, 3.05) is 31.1 Å². The lowest BCUT2D eigenvalue weighted by Gasteiger charge is -2.28. The lowest BCUT2D eigenvalue weighted by atomic mass is 9.85. The molecule has 0 spiro atoms. The number of halogens is 1. The number of hydrogen-bond acceptors (Lipinski definition) is 9. The molecule has 12 heteroatoms. The number of fused-ring (bicyclic) bond motifs is 3. The van der Waals surface area contributed by atoms with Crippen molar-refractivity contribution in [3.63, 3.8) is 0 Å². The third-order valence-corrected chi connectivity index (χ3v) is 7.11. The molecule has 1 aromatic heterocycles. The predicted octanol–water partition coefficient (Wildman–Crippen LogP) is 0.272. The van der Waals surface area contributed by atoms with Crippen LogP contribution >= 0.6 is 15.9 Å². The van der Waals surface area contributed by atoms with Gasteiger partial charge in [-0.25, -0.2) is 4.79 Å². The molecule has 0 unspecified atom stereocenters. The van der Waals surface area contributed by atoms with E-state index in [-0.39, 0.29) is 17.1 Å². The van der Waals surface area contributed by atoms with Gasteiger partial charge in [0.1, 0.15) is 35.5 Å². The Morgan fingerprint density at radius 2 is 1.44 bits per heavy atom. The maximum atomic E-state index is 13.8. The molecule has 180 valence electrons. The zero-order valence-corrected chi connectivity index (χ0v) is 20.7. The number of anilines is 2. The number of carbonyl (C=O) groups excluding carboxylic acids is 3. The van der Waals surface area contributed by atoms with Crippen LogP contribution in [0.5, 0.6) is 0 Å². The fourth-order valence-electron chi connectivity index (χ4n) is 5.05. The van der Waals surface area contributed by atoms with Crippen LogP contribution in [0.15, 0.2) is 38.3 Å². The van der Waals surface area contributed by atoms with Crippen molar-refractivity contribution < 1.29 is 23.9 Å². The fourth-order valence-corrected chi connectivity index (χ4v) is 5.32. The predicted molar refractivity (Wildman–Crippen MR) is 125 cm³/mol. The van der Waals surface area contributed by atoms with E-state index in [1.165, 1.54) is 37.8 Å². The number of esters is 2. The number of ether oxygens (including phenoxy) is 2. The quantitative estimate of drug-likeness (QED) is 0.402. The van der Waals surface area contributed by atoms with Crippen molar-refractivity contribution in [1.82, 2.24) is 9.13 Å². The Morgan fingerprint density at radius 1 is 0.882 bits per heavy atom. The van der Waals surface area contributed by atoms with E-state index in [0.29, 0.717) is 0 Å². The largest absolute Gasteiger partial charge is 0.469 e. The molecule has 2 aliphatic rings. The van der Waals surface area contributed by atoms with Gasteiger partial charge in [0.15, 0.2) is 5.78 Å². The van der Waals surface area contributed by atoms with E-state index in [2.05, 4.69) is 15.9 Å². The van der Waals surface area contributed by atoms with E-state index in [0.717, 1.165) is 9.04 Å². The molecular formula is C22H23BrN4O7. The minimum Gasteiger partial charge on any atom is -0.469 e. The minimum atomic E-state index is -1.25. The monoisotopic (exact) mass is 534 g/mol. The van der Waals surface area contributed by atoms with Crippen LogP contribution in [-0.4, -0.2) is 60.3 Å². The van der Waals surface area contributed by atoms with Crippen molar-refractivity contribution in [3.05, 3.63) is 55.1 Å². The average molecular weight is 535 g/mol. The highest BCUT2D eigenvalue weighted by Gasteiger charge is 2.64. The molecule has 4 rings (SSSR count). The number of ketones is 1. The normalized spacial score (nSPS) is 22.9. The van der Waals surface area contributed by atoms with Gasteiger partial charge in [-0.1, -0.05) is 28.1 Å². The van der Waals surface area contributed by atoms with Gasteiger partial charge in [0.2, 0.25) is 0 Å². The minimum absolute atomic E-state index is 0.0490. The van der Waals surface area contributed by atoms with Gasteiger partial charge in [0.05, 0.1) is 14.2 Å². The Labute approximate surface area is 202 Å². The van der Waals surface area contributed by atoms with Crippen molar-refractivity contribution in [3.8, 4) is 0 Å². The molecule has 11 nitrogen and oxygen atoms in total. The molecule has 2 aromatic rings. The van der Waals surface area contributed by atoms with Gasteiger partial charge in [-0.3, -0.25) is 28.3 Å². The summed E-state index contributed by atoms with van der Waals surface area (Å²) in [7, 11) is 6.77. The average Bonchev–Trinajstić information content (AvgIpc) is 3.33. The SMILES string of the molecule is COC(=O)[C@@H]1[C@H](C(=O)OC)[C@H]2N(C)c3c(c(=O)n(C)c(=O)n3C)N2[C@H]1C(=O)c1ccc(Br)cc1. The van der Waals surface area contributed by atoms with Gasteiger partial charge in [-0.15, -0.1) is 0 Å². The first-order valence-electron chi connectivity index (χ1n) is 10.3. The van der Waals surface area contributed by atoms with Crippen LogP contribution in [0, 0.1) is 11.8 Å². The number of Topliss-reactive ketones (excluding diaryl/α,β-unsaturated/α-hetero) is 1. The second kappa shape index (κ2) is 8.42. The van der Waals surface area contributed by atoms with E-state index >= 15 is 0 Å². The highest BCUT2D eigenvalue weighted by Crippen LogP contribution is 2.49. The zero-order valence-electron chi connectivity index (χ0n) is 19.1. The molecule has 1 fully saturated rings. The maximum Gasteiger partial charge on any atom is 0.332 e. The Balaban J connectivity index is 2.03. The number of rotatable bonds is 4. The van der Waals surface area contributed by atoms with Gasteiger partial charge in [-0.05, 0) is 12.1 Å². The van der Waals surface area contributed by atoms with Crippen LogP contribution in [0.1, 0.15) is 10.4 Å². The molecule has 4 atom stereocenters. The van der Waals surface area contributed by atoms with E-state index in [1.54, 1.807) is 36.2 Å². The van der Waals surface area contributed by atoms with E-state index in [9.17, 15) is 24.0 Å². The summed E-state index contributed by atoms with van der Waals surface area (Å²) in [6.45, 7) is 0. The van der Waals surface area contributed by atoms with E-state index in [4.69, 9.17) is 9.47 Å². The molecule has 0 amide bonds. The van der Waals surface area contributed by atoms with E-state index in [1.807, 2.05) is 0 Å². The molecule has 0 N–H and O–H groups in total. The molecule has 0 saturated carbocycles. The molecule has 1 saturated heterocycles. The Morgan fingerprint density at radius 3 is 2.00 bits per heavy atom. The Hall–Kier alpha value is -3.41. The summed E-state index contributed by atoms with van der Waals surface area (Å²) in [4.78, 5) is 68.8. The fraction of sp³-hybridized carbons (Fsp3) is 0.409. The van der Waals surface area contributed by atoms with Gasteiger partial charge in [-0.2, -0.15) is 0 Å². The van der Waals surface area contributed by atoms with Crippen molar-refractivity contribution in [2.24, 2.45) is 25.9 Å². The Bertz CT molecular complexity index is 1320. The van der Waals surface area contributed by atoms with Gasteiger partial charge >= 0.3 is 17.6 Å². The molecule has 34 heavy (non-hydrogen) atoms. The van der Waals surface area contributed by atoms with Crippen LogP contribution in [0.2, 0.25) is 0 Å². The highest BCUT2D eigenvalue weighted by molar-refractivity contribution is 9.10. The third kappa shape index (κ3) is 3.19. The second-order valence-electron chi connectivity index (χ2n) is 8.22. The van der Waals surface area contributed by atoms with Crippen molar-refractivity contribution >= 4 is 45.2 Å². The summed E-state index contributed by atoms with van der Waals surface area (Å²) in [6.07, 6.45) is -0.934. The Kier molecular flexibility index (Phi) is 5.88. The molecule has 3 heterocycles. The smallest absolute Gasteiger partial charge is 0.332 e. The lowest BCUT2D eigenvalue weighted by Crippen LogP contribution is -2.48. The van der Waals surface area contributed by atoms with Crippen molar-refractivity contribution in [2.45, 2.75) is 12.2 Å². The van der Waals surface area contributed by atoms with Crippen molar-refractivity contribution in [1.29, 1.82) is 0 Å². The van der Waals surface area contributed by atoms with Crippen LogP contribution in [0.4, 0.5) is 11.5 Å². The molecule has 0 aliphatic carbocycles. The number of benzene rings is 1. The lowest BCUT2D eigenvalue weighted by molar-refractivity contribution is -0.156. The van der Waals surface area contributed by atoms with Gasteiger partial charge < -0.3 is 19.3 Å². The van der Waals surface area contributed by atoms with Crippen LogP contribution < -0.4 is 21.0 Å². The van der Waals surface area contributed by atoms with Crippen LogP contribution in [0.3, 0.4) is 0 Å². The molecule has 0 bridgehead atoms. The number of nitrogens with zero attached hydrogens (tertiary/aromatic N) is 4. The summed E-state index contributed by atoms with van der Waals surface area (Å²) in [5, 5.41) is 0. The zero-order chi connectivity index (χ0) is 25.1. The number of methoxy groups -OCH3 is 2. The third-order valence-electron chi connectivity index (χ3n) is 6.58. The molecule has 1 aromatic carbocycles.